The van der Waals surface area contributed by atoms with E-state index in [2.05, 4.69) is 10.3 Å². The SMILES string of the molecule is COc1cc(OC)cc(C(=O)Nc2ccc(Oc3ccc(F)c(F)c3)nc2)c1. The third kappa shape index (κ3) is 4.53. The lowest BCUT2D eigenvalue weighted by Crippen LogP contribution is -2.12. The maximum atomic E-state index is 13.2. The second kappa shape index (κ2) is 8.34. The number of carbonyl (C=O) groups is 1. The minimum absolute atomic E-state index is 0.103. The summed E-state index contributed by atoms with van der Waals surface area (Å²) in [5.74, 6) is -1.13. The van der Waals surface area contributed by atoms with E-state index < -0.39 is 11.6 Å². The van der Waals surface area contributed by atoms with Crippen molar-refractivity contribution in [1.82, 2.24) is 4.98 Å². The molecule has 3 rings (SSSR count). The predicted molar refractivity (Wildman–Crippen MR) is 98.2 cm³/mol. The smallest absolute Gasteiger partial charge is 0.255 e. The largest absolute Gasteiger partial charge is 0.497 e. The van der Waals surface area contributed by atoms with Gasteiger partial charge in [0.1, 0.15) is 17.2 Å². The first-order chi connectivity index (χ1) is 13.5. The Morgan fingerprint density at radius 2 is 1.61 bits per heavy atom. The fourth-order valence-corrected chi connectivity index (χ4v) is 2.32. The molecule has 0 aliphatic carbocycles. The van der Waals surface area contributed by atoms with Crippen LogP contribution in [0.5, 0.6) is 23.1 Å². The zero-order chi connectivity index (χ0) is 20.1. The van der Waals surface area contributed by atoms with Gasteiger partial charge >= 0.3 is 0 Å². The molecule has 0 atom stereocenters. The molecule has 0 unspecified atom stereocenters. The number of hydrogen-bond donors (Lipinski definition) is 1. The van der Waals surface area contributed by atoms with Gasteiger partial charge in [-0.15, -0.1) is 0 Å². The number of nitrogens with one attached hydrogen (secondary N) is 1. The summed E-state index contributed by atoms with van der Waals surface area (Å²) in [6, 6.07) is 11.0. The third-order valence-electron chi connectivity index (χ3n) is 3.72. The van der Waals surface area contributed by atoms with Crippen LogP contribution in [-0.2, 0) is 0 Å². The lowest BCUT2D eigenvalue weighted by atomic mass is 10.2. The van der Waals surface area contributed by atoms with Gasteiger partial charge in [-0.05, 0) is 30.3 Å². The lowest BCUT2D eigenvalue weighted by Gasteiger charge is -2.10. The van der Waals surface area contributed by atoms with Crippen LogP contribution in [0.3, 0.4) is 0 Å². The monoisotopic (exact) mass is 386 g/mol. The van der Waals surface area contributed by atoms with Gasteiger partial charge in [0.05, 0.1) is 26.1 Å². The number of ether oxygens (including phenoxy) is 3. The maximum absolute atomic E-state index is 13.2. The predicted octanol–water partition coefficient (Wildman–Crippen LogP) is 4.42. The number of hydrogen-bond acceptors (Lipinski definition) is 5. The van der Waals surface area contributed by atoms with Crippen molar-refractivity contribution in [2.45, 2.75) is 0 Å². The van der Waals surface area contributed by atoms with E-state index in [4.69, 9.17) is 14.2 Å². The van der Waals surface area contributed by atoms with Gasteiger partial charge in [0, 0.05) is 23.8 Å². The average Bonchev–Trinajstić information content (AvgIpc) is 2.71. The Hall–Kier alpha value is -3.68. The summed E-state index contributed by atoms with van der Waals surface area (Å²) >= 11 is 0. The van der Waals surface area contributed by atoms with Crippen LogP contribution in [0.4, 0.5) is 14.5 Å². The molecule has 1 heterocycles. The molecule has 0 saturated heterocycles. The lowest BCUT2D eigenvalue weighted by molar-refractivity contribution is 0.102. The van der Waals surface area contributed by atoms with Gasteiger partial charge in [0.2, 0.25) is 5.88 Å². The number of amides is 1. The molecule has 6 nitrogen and oxygen atoms in total. The van der Waals surface area contributed by atoms with Gasteiger partial charge in [0.15, 0.2) is 11.6 Å². The van der Waals surface area contributed by atoms with E-state index in [9.17, 15) is 13.6 Å². The van der Waals surface area contributed by atoms with Gasteiger partial charge in [0.25, 0.3) is 5.91 Å². The Balaban J connectivity index is 1.70. The molecule has 0 spiro atoms. The first kappa shape index (κ1) is 19.1. The molecule has 1 amide bonds. The van der Waals surface area contributed by atoms with Gasteiger partial charge in [-0.3, -0.25) is 4.79 Å². The Labute approximate surface area is 159 Å². The van der Waals surface area contributed by atoms with Crippen molar-refractivity contribution < 1.29 is 27.8 Å². The van der Waals surface area contributed by atoms with Crippen molar-refractivity contribution in [2.75, 3.05) is 19.5 Å². The maximum Gasteiger partial charge on any atom is 0.255 e. The zero-order valence-electron chi connectivity index (χ0n) is 15.0. The minimum atomic E-state index is -1.02. The van der Waals surface area contributed by atoms with Crippen LogP contribution >= 0.6 is 0 Å². The summed E-state index contributed by atoms with van der Waals surface area (Å²) in [6.45, 7) is 0. The molecule has 0 aliphatic heterocycles. The summed E-state index contributed by atoms with van der Waals surface area (Å²) in [4.78, 5) is 16.5. The van der Waals surface area contributed by atoms with E-state index >= 15 is 0 Å². The van der Waals surface area contributed by atoms with Crippen molar-refractivity contribution in [1.29, 1.82) is 0 Å². The molecule has 1 N–H and O–H groups in total. The molecule has 0 bridgehead atoms. The van der Waals surface area contributed by atoms with Crippen LogP contribution in [-0.4, -0.2) is 25.1 Å². The van der Waals surface area contributed by atoms with Gasteiger partial charge in [-0.2, -0.15) is 0 Å². The standard InChI is InChI=1S/C20H16F2N2O4/c1-26-15-7-12(8-16(9-15)27-2)20(25)24-13-3-6-19(23-11-13)28-14-4-5-17(21)18(22)10-14/h3-11H,1-2H3,(H,24,25). The molecule has 0 radical (unpaired) electrons. The summed E-state index contributed by atoms with van der Waals surface area (Å²) < 4.78 is 41.8. The quantitative estimate of drug-likeness (QED) is 0.679. The van der Waals surface area contributed by atoms with E-state index in [1.54, 1.807) is 24.3 Å². The zero-order valence-corrected chi connectivity index (χ0v) is 15.0. The number of methoxy groups -OCH3 is 2. The highest BCUT2D eigenvalue weighted by Crippen LogP contribution is 2.24. The van der Waals surface area contributed by atoms with Gasteiger partial charge in [-0.25, -0.2) is 13.8 Å². The molecule has 3 aromatic rings. The second-order valence-corrected chi connectivity index (χ2v) is 5.62. The molecule has 2 aromatic carbocycles. The first-order valence-electron chi connectivity index (χ1n) is 8.12. The second-order valence-electron chi connectivity index (χ2n) is 5.62. The summed E-state index contributed by atoms with van der Waals surface area (Å²) in [6.07, 6.45) is 1.38. The van der Waals surface area contributed by atoms with E-state index in [1.807, 2.05) is 0 Å². The minimum Gasteiger partial charge on any atom is -0.497 e. The van der Waals surface area contributed by atoms with E-state index in [-0.39, 0.29) is 17.5 Å². The van der Waals surface area contributed by atoms with Crippen LogP contribution in [0.1, 0.15) is 10.4 Å². The molecular weight excluding hydrogens is 370 g/mol. The Morgan fingerprint density at radius 3 is 2.18 bits per heavy atom. The Kier molecular flexibility index (Phi) is 5.69. The highest BCUT2D eigenvalue weighted by molar-refractivity contribution is 6.04. The average molecular weight is 386 g/mol. The Morgan fingerprint density at radius 1 is 0.893 bits per heavy atom. The van der Waals surface area contributed by atoms with Crippen molar-refractivity contribution in [2.24, 2.45) is 0 Å². The van der Waals surface area contributed by atoms with Crippen LogP contribution in [0.15, 0.2) is 54.7 Å². The molecule has 28 heavy (non-hydrogen) atoms. The van der Waals surface area contributed by atoms with Gasteiger partial charge in [-0.1, -0.05) is 0 Å². The molecule has 144 valence electrons. The van der Waals surface area contributed by atoms with Crippen LogP contribution in [0.2, 0.25) is 0 Å². The molecular formula is C20H16F2N2O4. The number of pyridine rings is 1. The fraction of sp³-hybridized carbons (Fsp3) is 0.100. The number of nitrogens with zero attached hydrogens (tertiary/aromatic N) is 1. The summed E-state index contributed by atoms with van der Waals surface area (Å²) in [5.41, 5.74) is 0.766. The topological polar surface area (TPSA) is 69.7 Å². The first-order valence-corrected chi connectivity index (χ1v) is 8.12. The number of benzene rings is 2. The van der Waals surface area contributed by atoms with E-state index in [0.717, 1.165) is 12.1 Å². The van der Waals surface area contributed by atoms with Crippen molar-refractivity contribution in [3.05, 3.63) is 71.9 Å². The Bertz CT molecular complexity index is 972. The highest BCUT2D eigenvalue weighted by Gasteiger charge is 2.11. The molecule has 0 saturated carbocycles. The van der Waals surface area contributed by atoms with Crippen molar-refractivity contribution in [3.63, 3.8) is 0 Å². The summed E-state index contributed by atoms with van der Waals surface area (Å²) in [5, 5.41) is 2.69. The number of carbonyl (C=O) groups excluding carboxylic acids is 1. The molecule has 0 fully saturated rings. The normalized spacial score (nSPS) is 10.3. The molecule has 8 heteroatoms. The van der Waals surface area contributed by atoms with Crippen molar-refractivity contribution >= 4 is 11.6 Å². The third-order valence-corrected chi connectivity index (χ3v) is 3.72. The number of halogens is 2. The fourth-order valence-electron chi connectivity index (χ4n) is 2.32. The summed E-state index contributed by atoms with van der Waals surface area (Å²) in [7, 11) is 2.98. The van der Waals surface area contributed by atoms with Gasteiger partial charge < -0.3 is 19.5 Å². The highest BCUT2D eigenvalue weighted by atomic mass is 19.2. The van der Waals surface area contributed by atoms with Crippen LogP contribution < -0.4 is 19.5 Å². The number of rotatable bonds is 6. The van der Waals surface area contributed by atoms with Crippen molar-refractivity contribution in [3.8, 4) is 23.1 Å². The molecule has 1 aromatic heterocycles. The number of aromatic nitrogens is 1. The van der Waals surface area contributed by atoms with E-state index in [1.165, 1.54) is 32.5 Å². The van der Waals surface area contributed by atoms with Crippen LogP contribution in [0.25, 0.3) is 0 Å². The molecule has 0 aliphatic rings. The van der Waals surface area contributed by atoms with E-state index in [0.29, 0.717) is 22.7 Å². The number of anilines is 1. The van der Waals surface area contributed by atoms with Crippen LogP contribution in [0, 0.1) is 11.6 Å².